The maximum Gasteiger partial charge on any atom is 0.259 e. The number of carbonyl (C=O) groups is 1. The van der Waals surface area contributed by atoms with Crippen LogP contribution in [0.15, 0.2) is 41.3 Å². The number of rotatable bonds is 4. The lowest BCUT2D eigenvalue weighted by Crippen LogP contribution is -2.31. The topological polar surface area (TPSA) is 20.3 Å². The molecule has 0 heterocycles. The maximum atomic E-state index is 13.4. The zero-order valence-corrected chi connectivity index (χ0v) is 13.6. The monoisotopic (exact) mass is 341 g/mol. The van der Waals surface area contributed by atoms with Gasteiger partial charge in [0.1, 0.15) is 0 Å². The molecule has 0 saturated heterocycles. The fourth-order valence-electron chi connectivity index (χ4n) is 2.04. The second kappa shape index (κ2) is 7.11. The van der Waals surface area contributed by atoms with E-state index in [4.69, 9.17) is 11.6 Å². The van der Waals surface area contributed by atoms with E-state index in [1.807, 2.05) is 12.3 Å². The maximum absolute atomic E-state index is 13.4. The summed E-state index contributed by atoms with van der Waals surface area (Å²) in [5.41, 5.74) is 0.622. The largest absolute Gasteiger partial charge is 0.308 e. The van der Waals surface area contributed by atoms with Crippen molar-refractivity contribution in [1.29, 1.82) is 0 Å². The minimum atomic E-state index is -0.993. The number of nitrogens with zero attached hydrogens (tertiary/aromatic N) is 1. The molecule has 0 aliphatic heterocycles. The van der Waals surface area contributed by atoms with Crippen molar-refractivity contribution in [3.05, 3.63) is 58.6 Å². The van der Waals surface area contributed by atoms with Crippen LogP contribution < -0.4 is 4.90 Å². The van der Waals surface area contributed by atoms with Crippen molar-refractivity contribution in [3.8, 4) is 0 Å². The molecule has 0 unspecified atom stereocenters. The van der Waals surface area contributed by atoms with Crippen molar-refractivity contribution in [2.75, 3.05) is 17.7 Å². The molecule has 0 fully saturated rings. The van der Waals surface area contributed by atoms with Crippen molar-refractivity contribution in [1.82, 2.24) is 0 Å². The molecular weight excluding hydrogens is 328 g/mol. The Morgan fingerprint density at radius 1 is 1.18 bits per heavy atom. The van der Waals surface area contributed by atoms with Crippen LogP contribution in [0.1, 0.15) is 17.3 Å². The van der Waals surface area contributed by atoms with Crippen LogP contribution in [0.5, 0.6) is 0 Å². The quantitative estimate of drug-likeness (QED) is 0.729. The number of carbonyl (C=O) groups excluding carboxylic acids is 1. The molecule has 116 valence electrons. The first-order valence-corrected chi connectivity index (χ1v) is 8.18. The van der Waals surface area contributed by atoms with Gasteiger partial charge >= 0.3 is 0 Å². The molecule has 0 aliphatic rings. The summed E-state index contributed by atoms with van der Waals surface area (Å²) in [5.74, 6) is -2.29. The number of thioether (sulfide) groups is 1. The molecule has 0 aliphatic carbocycles. The second-order valence-electron chi connectivity index (χ2n) is 4.49. The van der Waals surface area contributed by atoms with Gasteiger partial charge in [-0.1, -0.05) is 11.6 Å². The van der Waals surface area contributed by atoms with Gasteiger partial charge in [-0.05, 0) is 43.5 Å². The third-order valence-electron chi connectivity index (χ3n) is 3.18. The number of amides is 1. The van der Waals surface area contributed by atoms with E-state index >= 15 is 0 Å². The summed E-state index contributed by atoms with van der Waals surface area (Å²) in [6, 6.07) is 8.53. The molecule has 2 nitrogen and oxygen atoms in total. The van der Waals surface area contributed by atoms with Crippen LogP contribution in [0.25, 0.3) is 0 Å². The van der Waals surface area contributed by atoms with Gasteiger partial charge < -0.3 is 4.90 Å². The lowest BCUT2D eigenvalue weighted by Gasteiger charge is -2.22. The molecule has 0 atom stereocenters. The Labute approximate surface area is 137 Å². The number of hydrogen-bond acceptors (Lipinski definition) is 2. The Morgan fingerprint density at radius 3 is 2.50 bits per heavy atom. The first-order valence-electron chi connectivity index (χ1n) is 6.58. The highest BCUT2D eigenvalue weighted by molar-refractivity contribution is 7.98. The van der Waals surface area contributed by atoms with Crippen LogP contribution in [0.3, 0.4) is 0 Å². The van der Waals surface area contributed by atoms with Crippen molar-refractivity contribution >= 4 is 35.0 Å². The summed E-state index contributed by atoms with van der Waals surface area (Å²) in [4.78, 5) is 14.9. The molecule has 6 heteroatoms. The standard InChI is InChI=1S/C16H14ClF2NOS/c1-3-20(10-4-7-14(18)15(19)8-10)16(21)12-9-11(22-2)5-6-13(12)17/h4-9H,3H2,1-2H3. The molecule has 1 amide bonds. The Kier molecular flexibility index (Phi) is 5.42. The first kappa shape index (κ1) is 16.8. The summed E-state index contributed by atoms with van der Waals surface area (Å²) in [5, 5.41) is 0.323. The van der Waals surface area contributed by atoms with Crippen LogP contribution in [0.2, 0.25) is 5.02 Å². The van der Waals surface area contributed by atoms with E-state index in [9.17, 15) is 13.6 Å². The molecule has 0 saturated carbocycles. The molecule has 2 aromatic carbocycles. The van der Waals surface area contributed by atoms with E-state index in [2.05, 4.69) is 0 Å². The van der Waals surface area contributed by atoms with E-state index in [0.29, 0.717) is 17.1 Å². The van der Waals surface area contributed by atoms with Crippen molar-refractivity contribution in [2.24, 2.45) is 0 Å². The predicted molar refractivity (Wildman–Crippen MR) is 86.9 cm³/mol. The van der Waals surface area contributed by atoms with Gasteiger partial charge in [-0.3, -0.25) is 4.79 Å². The van der Waals surface area contributed by atoms with Crippen molar-refractivity contribution < 1.29 is 13.6 Å². The molecule has 0 N–H and O–H groups in total. The number of anilines is 1. The van der Waals surface area contributed by atoms with Crippen LogP contribution in [-0.4, -0.2) is 18.7 Å². The third kappa shape index (κ3) is 3.42. The summed E-state index contributed by atoms with van der Waals surface area (Å²) in [6.45, 7) is 2.06. The van der Waals surface area contributed by atoms with E-state index < -0.39 is 11.6 Å². The Morgan fingerprint density at radius 2 is 1.91 bits per heavy atom. The highest BCUT2D eigenvalue weighted by Gasteiger charge is 2.20. The Hall–Kier alpha value is -1.59. The molecule has 22 heavy (non-hydrogen) atoms. The fourth-order valence-corrected chi connectivity index (χ4v) is 2.68. The molecule has 0 aromatic heterocycles. The van der Waals surface area contributed by atoms with Gasteiger partial charge in [0.05, 0.1) is 10.6 Å². The Balaban J connectivity index is 2.42. The normalized spacial score (nSPS) is 10.6. The average molecular weight is 342 g/mol. The molecule has 2 rings (SSSR count). The molecule has 0 spiro atoms. The number of hydrogen-bond donors (Lipinski definition) is 0. The van der Waals surface area contributed by atoms with Gasteiger partial charge in [-0.25, -0.2) is 8.78 Å². The van der Waals surface area contributed by atoms with Crippen LogP contribution >= 0.6 is 23.4 Å². The fraction of sp³-hybridized carbons (Fsp3) is 0.188. The summed E-state index contributed by atoms with van der Waals surface area (Å²) in [7, 11) is 0. The molecule has 0 radical (unpaired) electrons. The smallest absolute Gasteiger partial charge is 0.259 e. The van der Waals surface area contributed by atoms with Gasteiger partial charge in [0.25, 0.3) is 5.91 Å². The predicted octanol–water partition coefficient (Wildman–Crippen LogP) is 5.01. The highest BCUT2D eigenvalue weighted by Crippen LogP contribution is 2.26. The minimum Gasteiger partial charge on any atom is -0.308 e. The Bertz CT molecular complexity index is 709. The second-order valence-corrected chi connectivity index (χ2v) is 5.78. The average Bonchev–Trinajstić information content (AvgIpc) is 2.51. The van der Waals surface area contributed by atoms with Gasteiger partial charge in [-0.2, -0.15) is 0 Å². The summed E-state index contributed by atoms with van der Waals surface area (Å²) < 4.78 is 26.4. The zero-order valence-electron chi connectivity index (χ0n) is 12.1. The van der Waals surface area contributed by atoms with Crippen LogP contribution in [0, 0.1) is 11.6 Å². The first-order chi connectivity index (χ1) is 10.5. The lowest BCUT2D eigenvalue weighted by atomic mass is 10.1. The van der Waals surface area contributed by atoms with Gasteiger partial charge in [0.15, 0.2) is 11.6 Å². The highest BCUT2D eigenvalue weighted by atomic mass is 35.5. The lowest BCUT2D eigenvalue weighted by molar-refractivity contribution is 0.0988. The van der Waals surface area contributed by atoms with Crippen molar-refractivity contribution in [3.63, 3.8) is 0 Å². The van der Waals surface area contributed by atoms with Gasteiger partial charge in [0, 0.05) is 23.2 Å². The zero-order chi connectivity index (χ0) is 16.3. The molecule has 0 bridgehead atoms. The number of halogens is 3. The van der Waals surface area contributed by atoms with Crippen LogP contribution in [-0.2, 0) is 0 Å². The van der Waals surface area contributed by atoms with Crippen LogP contribution in [0.4, 0.5) is 14.5 Å². The van der Waals surface area contributed by atoms with E-state index in [-0.39, 0.29) is 11.6 Å². The van der Waals surface area contributed by atoms with Gasteiger partial charge in [-0.15, -0.1) is 11.8 Å². The van der Waals surface area contributed by atoms with E-state index in [1.54, 1.807) is 19.1 Å². The number of benzene rings is 2. The van der Waals surface area contributed by atoms with E-state index in [0.717, 1.165) is 17.0 Å². The summed E-state index contributed by atoms with van der Waals surface area (Å²) >= 11 is 7.59. The van der Waals surface area contributed by atoms with Gasteiger partial charge in [0.2, 0.25) is 0 Å². The third-order valence-corrected chi connectivity index (χ3v) is 4.24. The summed E-state index contributed by atoms with van der Waals surface area (Å²) in [6.07, 6.45) is 1.89. The minimum absolute atomic E-state index is 0.289. The SMILES string of the molecule is CCN(C(=O)c1cc(SC)ccc1Cl)c1ccc(F)c(F)c1. The van der Waals surface area contributed by atoms with E-state index in [1.165, 1.54) is 22.7 Å². The molecule has 2 aromatic rings. The molecular formula is C16H14ClF2NOS. The van der Waals surface area contributed by atoms with Crippen molar-refractivity contribution in [2.45, 2.75) is 11.8 Å².